The maximum Gasteiger partial charge on any atom is 0.219 e. The van der Waals surface area contributed by atoms with Crippen LogP contribution in [0, 0.1) is 0 Å². The summed E-state index contributed by atoms with van der Waals surface area (Å²) in [5.74, 6) is -0.145. The van der Waals surface area contributed by atoms with Crippen LogP contribution in [0.25, 0.3) is 0 Å². The lowest BCUT2D eigenvalue weighted by Gasteiger charge is -2.39. The molecule has 0 aromatic carbocycles. The fraction of sp³-hybridized carbons (Fsp3) is 0.800. The fourth-order valence-electron chi connectivity index (χ4n) is 1.97. The standard InChI is InChI=1S/C10H19N3O2/c1-8-7-12(4-3-10(11)15)5-6-13(8)9(2)14/h8H,3-7H2,1-2H3,(H2,11,15)/t8-/m0/s1. The molecule has 0 saturated carbocycles. The number of hydrogen-bond donors (Lipinski definition) is 1. The van der Waals surface area contributed by atoms with Gasteiger partial charge in [0.15, 0.2) is 0 Å². The first-order chi connectivity index (χ1) is 7.00. The van der Waals surface area contributed by atoms with Crippen LogP contribution < -0.4 is 5.73 Å². The van der Waals surface area contributed by atoms with E-state index in [0.29, 0.717) is 13.0 Å². The van der Waals surface area contributed by atoms with Gasteiger partial charge in [0.05, 0.1) is 0 Å². The Morgan fingerprint density at radius 3 is 2.53 bits per heavy atom. The highest BCUT2D eigenvalue weighted by atomic mass is 16.2. The molecule has 0 aliphatic carbocycles. The summed E-state index contributed by atoms with van der Waals surface area (Å²) < 4.78 is 0. The SMILES string of the molecule is CC(=O)N1CCN(CCC(N)=O)C[C@@H]1C. The van der Waals surface area contributed by atoms with Crippen molar-refractivity contribution in [2.75, 3.05) is 26.2 Å². The van der Waals surface area contributed by atoms with Crippen LogP contribution in [0.3, 0.4) is 0 Å². The Bertz CT molecular complexity index is 255. The minimum atomic E-state index is -0.267. The third kappa shape index (κ3) is 3.51. The topological polar surface area (TPSA) is 66.6 Å². The first-order valence-electron chi connectivity index (χ1n) is 5.28. The van der Waals surface area contributed by atoms with E-state index in [9.17, 15) is 9.59 Å². The maximum atomic E-state index is 11.2. The Hall–Kier alpha value is -1.10. The second-order valence-electron chi connectivity index (χ2n) is 4.08. The maximum absolute atomic E-state index is 11.2. The number of hydrogen-bond acceptors (Lipinski definition) is 3. The van der Waals surface area contributed by atoms with Crippen molar-refractivity contribution in [3.63, 3.8) is 0 Å². The predicted molar refractivity (Wildman–Crippen MR) is 57.1 cm³/mol. The average molecular weight is 213 g/mol. The van der Waals surface area contributed by atoms with Gasteiger partial charge in [-0.2, -0.15) is 0 Å². The highest BCUT2D eigenvalue weighted by Crippen LogP contribution is 2.09. The molecule has 1 rings (SSSR count). The smallest absolute Gasteiger partial charge is 0.219 e. The lowest BCUT2D eigenvalue weighted by molar-refractivity contribution is -0.133. The van der Waals surface area contributed by atoms with Crippen molar-refractivity contribution < 1.29 is 9.59 Å². The van der Waals surface area contributed by atoms with Crippen LogP contribution in [0.15, 0.2) is 0 Å². The first kappa shape index (κ1) is 12.0. The Labute approximate surface area is 90.2 Å². The summed E-state index contributed by atoms with van der Waals surface area (Å²) in [5, 5.41) is 0. The molecule has 0 spiro atoms. The molecule has 15 heavy (non-hydrogen) atoms. The van der Waals surface area contributed by atoms with Crippen LogP contribution in [0.4, 0.5) is 0 Å². The van der Waals surface area contributed by atoms with Crippen molar-refractivity contribution in [3.05, 3.63) is 0 Å². The van der Waals surface area contributed by atoms with Crippen molar-refractivity contribution in [3.8, 4) is 0 Å². The van der Waals surface area contributed by atoms with Crippen molar-refractivity contribution in [2.45, 2.75) is 26.3 Å². The Morgan fingerprint density at radius 1 is 1.40 bits per heavy atom. The van der Waals surface area contributed by atoms with Crippen LogP contribution in [0.5, 0.6) is 0 Å². The summed E-state index contributed by atoms with van der Waals surface area (Å²) in [6, 6.07) is 0.226. The van der Waals surface area contributed by atoms with Crippen LogP contribution in [-0.4, -0.2) is 53.8 Å². The first-order valence-corrected chi connectivity index (χ1v) is 5.28. The van der Waals surface area contributed by atoms with Gasteiger partial charge < -0.3 is 10.6 Å². The van der Waals surface area contributed by atoms with E-state index < -0.39 is 0 Å². The van der Waals surface area contributed by atoms with Crippen LogP contribution in [0.1, 0.15) is 20.3 Å². The summed E-state index contributed by atoms with van der Waals surface area (Å²) >= 11 is 0. The molecule has 0 aromatic rings. The van der Waals surface area contributed by atoms with Crippen LogP contribution in [0.2, 0.25) is 0 Å². The molecule has 1 aliphatic rings. The second-order valence-corrected chi connectivity index (χ2v) is 4.08. The van der Waals surface area contributed by atoms with E-state index in [-0.39, 0.29) is 17.9 Å². The molecular formula is C10H19N3O2. The number of rotatable bonds is 3. The van der Waals surface area contributed by atoms with Gasteiger partial charge in [-0.25, -0.2) is 0 Å². The van der Waals surface area contributed by atoms with Crippen molar-refractivity contribution in [1.82, 2.24) is 9.80 Å². The zero-order valence-electron chi connectivity index (χ0n) is 9.40. The van der Waals surface area contributed by atoms with Crippen molar-refractivity contribution in [1.29, 1.82) is 0 Å². The zero-order chi connectivity index (χ0) is 11.4. The highest BCUT2D eigenvalue weighted by Gasteiger charge is 2.24. The third-order valence-electron chi connectivity index (χ3n) is 2.79. The zero-order valence-corrected chi connectivity index (χ0v) is 9.40. The molecule has 0 bridgehead atoms. The molecular weight excluding hydrogens is 194 g/mol. The lowest BCUT2D eigenvalue weighted by atomic mass is 10.2. The fourth-order valence-corrected chi connectivity index (χ4v) is 1.97. The molecule has 86 valence electrons. The molecule has 0 aromatic heterocycles. The van der Waals surface area contributed by atoms with E-state index in [1.165, 1.54) is 0 Å². The van der Waals surface area contributed by atoms with E-state index >= 15 is 0 Å². The van der Waals surface area contributed by atoms with E-state index in [4.69, 9.17) is 5.73 Å². The van der Waals surface area contributed by atoms with Gasteiger partial charge in [-0.1, -0.05) is 0 Å². The van der Waals surface area contributed by atoms with Gasteiger partial charge in [0.2, 0.25) is 11.8 Å². The number of primary amides is 1. The largest absolute Gasteiger partial charge is 0.370 e. The molecule has 1 heterocycles. The minimum Gasteiger partial charge on any atom is -0.370 e. The number of piperazine rings is 1. The summed E-state index contributed by atoms with van der Waals surface area (Å²) in [4.78, 5) is 25.9. The van der Waals surface area contributed by atoms with Crippen LogP contribution >= 0.6 is 0 Å². The van der Waals surface area contributed by atoms with E-state index in [2.05, 4.69) is 4.90 Å². The molecule has 0 radical (unpaired) electrons. The summed E-state index contributed by atoms with van der Waals surface area (Å²) in [5.41, 5.74) is 5.09. The van der Waals surface area contributed by atoms with Gasteiger partial charge in [0.1, 0.15) is 0 Å². The molecule has 1 saturated heterocycles. The van der Waals surface area contributed by atoms with E-state index in [0.717, 1.165) is 19.6 Å². The van der Waals surface area contributed by atoms with E-state index in [1.807, 2.05) is 11.8 Å². The summed E-state index contributed by atoms with van der Waals surface area (Å²) in [6.07, 6.45) is 0.396. The number of nitrogens with two attached hydrogens (primary N) is 1. The Morgan fingerprint density at radius 2 is 2.07 bits per heavy atom. The molecule has 1 fully saturated rings. The number of amides is 2. The highest BCUT2D eigenvalue weighted by molar-refractivity contribution is 5.74. The van der Waals surface area contributed by atoms with Crippen molar-refractivity contribution in [2.24, 2.45) is 5.73 Å². The Balaban J connectivity index is 2.37. The number of carbonyl (C=O) groups excluding carboxylic acids is 2. The monoisotopic (exact) mass is 213 g/mol. The van der Waals surface area contributed by atoms with Gasteiger partial charge >= 0.3 is 0 Å². The van der Waals surface area contributed by atoms with Gasteiger partial charge in [0.25, 0.3) is 0 Å². The molecule has 2 amide bonds. The van der Waals surface area contributed by atoms with Gasteiger partial charge in [0, 0.05) is 45.6 Å². The molecule has 1 aliphatic heterocycles. The second kappa shape index (κ2) is 5.11. The van der Waals surface area contributed by atoms with E-state index in [1.54, 1.807) is 6.92 Å². The predicted octanol–water partition coefficient (Wildman–Crippen LogP) is -0.586. The summed E-state index contributed by atoms with van der Waals surface area (Å²) in [7, 11) is 0. The molecule has 1 atom stereocenters. The Kier molecular flexibility index (Phi) is 4.08. The van der Waals surface area contributed by atoms with Crippen molar-refractivity contribution >= 4 is 11.8 Å². The van der Waals surface area contributed by atoms with Gasteiger partial charge in [-0.05, 0) is 6.92 Å². The number of nitrogens with zero attached hydrogens (tertiary/aromatic N) is 2. The normalized spacial score (nSPS) is 22.8. The molecule has 5 heteroatoms. The quantitative estimate of drug-likeness (QED) is 0.681. The minimum absolute atomic E-state index is 0.122. The molecule has 5 nitrogen and oxygen atoms in total. The lowest BCUT2D eigenvalue weighted by Crippen LogP contribution is -2.53. The molecule has 2 N–H and O–H groups in total. The number of carbonyl (C=O) groups is 2. The summed E-state index contributed by atoms with van der Waals surface area (Å²) in [6.45, 7) is 6.72. The average Bonchev–Trinajstić information content (AvgIpc) is 2.14. The third-order valence-corrected chi connectivity index (χ3v) is 2.79. The molecule has 0 unspecified atom stereocenters. The van der Waals surface area contributed by atoms with Crippen LogP contribution in [-0.2, 0) is 9.59 Å². The van der Waals surface area contributed by atoms with Gasteiger partial charge in [-0.3, -0.25) is 14.5 Å². The van der Waals surface area contributed by atoms with Gasteiger partial charge in [-0.15, -0.1) is 0 Å².